The van der Waals surface area contributed by atoms with Crippen molar-refractivity contribution in [3.05, 3.63) is 20.8 Å². The van der Waals surface area contributed by atoms with E-state index < -0.39 is 0 Å². The van der Waals surface area contributed by atoms with E-state index in [2.05, 4.69) is 41.2 Å². The molecule has 0 aliphatic heterocycles. The lowest BCUT2D eigenvalue weighted by Gasteiger charge is -2.01. The molecule has 0 bridgehead atoms. The summed E-state index contributed by atoms with van der Waals surface area (Å²) in [4.78, 5) is 1.48. The number of rotatable bonds is 3. The second-order valence-corrected chi connectivity index (χ2v) is 4.98. The van der Waals surface area contributed by atoms with E-state index in [1.54, 1.807) is 0 Å². The van der Waals surface area contributed by atoms with Crippen LogP contribution in [0.25, 0.3) is 0 Å². The minimum Gasteiger partial charge on any atom is -0.148 e. The van der Waals surface area contributed by atoms with Gasteiger partial charge >= 0.3 is 0 Å². The minimum atomic E-state index is 0.809. The molecule has 0 atom stereocenters. The van der Waals surface area contributed by atoms with Crippen LogP contribution in [-0.2, 0) is 6.42 Å². The van der Waals surface area contributed by atoms with Gasteiger partial charge in [0.25, 0.3) is 0 Å². The molecular weight excluding hydrogens is 220 g/mol. The van der Waals surface area contributed by atoms with Crippen LogP contribution in [0.3, 0.4) is 0 Å². The molecule has 0 saturated heterocycles. The van der Waals surface area contributed by atoms with Crippen molar-refractivity contribution in [1.82, 2.24) is 0 Å². The van der Waals surface area contributed by atoms with Gasteiger partial charge in [-0.1, -0.05) is 13.8 Å². The zero-order valence-corrected chi connectivity index (χ0v) is 9.33. The molecule has 1 heterocycles. The van der Waals surface area contributed by atoms with Gasteiger partial charge in [0.15, 0.2) is 0 Å². The van der Waals surface area contributed by atoms with Gasteiger partial charge in [-0.2, -0.15) is 0 Å². The highest BCUT2D eigenvalue weighted by molar-refractivity contribution is 9.10. The molecule has 0 aromatic carbocycles. The number of hydrogen-bond acceptors (Lipinski definition) is 1. The lowest BCUT2D eigenvalue weighted by molar-refractivity contribution is 0.589. The topological polar surface area (TPSA) is 0 Å². The van der Waals surface area contributed by atoms with Crippen molar-refractivity contribution in [2.24, 2.45) is 5.92 Å². The molecule has 0 saturated carbocycles. The second kappa shape index (κ2) is 4.27. The molecule has 11 heavy (non-hydrogen) atoms. The van der Waals surface area contributed by atoms with E-state index in [1.807, 2.05) is 11.3 Å². The molecule has 0 nitrogen and oxygen atoms in total. The van der Waals surface area contributed by atoms with Gasteiger partial charge in [-0.25, -0.2) is 0 Å². The summed E-state index contributed by atoms with van der Waals surface area (Å²) in [7, 11) is 0. The Balaban J connectivity index is 2.44. The average molecular weight is 233 g/mol. The highest BCUT2D eigenvalue weighted by Crippen LogP contribution is 2.24. The lowest BCUT2D eigenvalue weighted by atomic mass is 10.1. The summed E-state index contributed by atoms with van der Waals surface area (Å²) in [5.41, 5.74) is 0. The molecule has 0 spiro atoms. The molecule has 2 heteroatoms. The Kier molecular flexibility index (Phi) is 3.60. The van der Waals surface area contributed by atoms with E-state index in [0.29, 0.717) is 0 Å². The molecule has 0 aliphatic carbocycles. The largest absolute Gasteiger partial charge is 0.148 e. The van der Waals surface area contributed by atoms with E-state index in [0.717, 1.165) is 5.92 Å². The van der Waals surface area contributed by atoms with Gasteiger partial charge in [0.05, 0.1) is 0 Å². The molecule has 0 radical (unpaired) electrons. The van der Waals surface area contributed by atoms with E-state index in [4.69, 9.17) is 0 Å². The van der Waals surface area contributed by atoms with Gasteiger partial charge < -0.3 is 0 Å². The van der Waals surface area contributed by atoms with Crippen molar-refractivity contribution < 1.29 is 0 Å². The molecule has 0 amide bonds. The first-order valence-corrected chi connectivity index (χ1v) is 5.59. The van der Waals surface area contributed by atoms with Crippen molar-refractivity contribution in [2.75, 3.05) is 0 Å². The van der Waals surface area contributed by atoms with Crippen LogP contribution in [-0.4, -0.2) is 0 Å². The van der Waals surface area contributed by atoms with Crippen LogP contribution in [0.4, 0.5) is 0 Å². The van der Waals surface area contributed by atoms with E-state index >= 15 is 0 Å². The highest BCUT2D eigenvalue weighted by Gasteiger charge is 2.01. The molecule has 1 aromatic heterocycles. The van der Waals surface area contributed by atoms with Crippen molar-refractivity contribution in [3.63, 3.8) is 0 Å². The number of aryl methyl sites for hydroxylation is 1. The molecule has 1 rings (SSSR count). The summed E-state index contributed by atoms with van der Waals surface area (Å²) in [6.07, 6.45) is 2.51. The summed E-state index contributed by atoms with van der Waals surface area (Å²) in [5.74, 6) is 0.809. The van der Waals surface area contributed by atoms with Gasteiger partial charge in [0, 0.05) is 9.35 Å². The fourth-order valence-corrected chi connectivity index (χ4v) is 2.49. The molecule has 0 fully saturated rings. The van der Waals surface area contributed by atoms with Crippen molar-refractivity contribution in [3.8, 4) is 0 Å². The highest BCUT2D eigenvalue weighted by atomic mass is 79.9. The summed E-state index contributed by atoms with van der Waals surface area (Å²) in [5, 5.41) is 2.14. The zero-order chi connectivity index (χ0) is 8.27. The summed E-state index contributed by atoms with van der Waals surface area (Å²) < 4.78 is 1.28. The Morgan fingerprint density at radius 1 is 1.55 bits per heavy atom. The third-order valence-corrected chi connectivity index (χ3v) is 3.63. The smallest absolute Gasteiger partial charge is 0.0314 e. The van der Waals surface area contributed by atoms with Crippen molar-refractivity contribution in [2.45, 2.75) is 26.7 Å². The maximum absolute atomic E-state index is 3.53. The van der Waals surface area contributed by atoms with E-state index in [9.17, 15) is 0 Å². The van der Waals surface area contributed by atoms with Crippen LogP contribution >= 0.6 is 27.3 Å². The summed E-state index contributed by atoms with van der Waals surface area (Å²) in [6.45, 7) is 4.53. The molecule has 0 aliphatic rings. The minimum absolute atomic E-state index is 0.809. The van der Waals surface area contributed by atoms with Crippen LogP contribution in [0, 0.1) is 5.92 Å². The number of hydrogen-bond donors (Lipinski definition) is 0. The van der Waals surface area contributed by atoms with Crippen molar-refractivity contribution >= 4 is 27.3 Å². The monoisotopic (exact) mass is 232 g/mol. The lowest BCUT2D eigenvalue weighted by Crippen LogP contribution is -1.89. The van der Waals surface area contributed by atoms with Gasteiger partial charge in [-0.05, 0) is 46.1 Å². The average Bonchev–Trinajstić information content (AvgIpc) is 2.31. The van der Waals surface area contributed by atoms with E-state index in [-0.39, 0.29) is 0 Å². The Morgan fingerprint density at radius 3 is 2.73 bits per heavy atom. The first kappa shape index (κ1) is 9.27. The van der Waals surface area contributed by atoms with Crippen LogP contribution in [0.15, 0.2) is 15.9 Å². The molecular formula is C9H13BrS. The van der Waals surface area contributed by atoms with Crippen molar-refractivity contribution in [1.29, 1.82) is 0 Å². The SMILES string of the molecule is CC(C)CCc1sccc1Br. The Labute approximate surface area is 80.8 Å². The van der Waals surface area contributed by atoms with Crippen LogP contribution < -0.4 is 0 Å². The maximum Gasteiger partial charge on any atom is 0.0314 e. The Morgan fingerprint density at radius 2 is 2.27 bits per heavy atom. The zero-order valence-electron chi connectivity index (χ0n) is 6.93. The van der Waals surface area contributed by atoms with Crippen LogP contribution in [0.5, 0.6) is 0 Å². The third kappa shape index (κ3) is 2.96. The van der Waals surface area contributed by atoms with Gasteiger partial charge in [0.2, 0.25) is 0 Å². The fraction of sp³-hybridized carbons (Fsp3) is 0.556. The Hall–Kier alpha value is 0.180. The molecule has 62 valence electrons. The Bertz CT molecular complexity index is 215. The molecule has 0 unspecified atom stereocenters. The van der Waals surface area contributed by atoms with Gasteiger partial charge in [0.1, 0.15) is 0 Å². The van der Waals surface area contributed by atoms with Crippen LogP contribution in [0.2, 0.25) is 0 Å². The first-order valence-electron chi connectivity index (χ1n) is 3.92. The predicted molar refractivity (Wildman–Crippen MR) is 55.2 cm³/mol. The predicted octanol–water partition coefficient (Wildman–Crippen LogP) is 4.10. The standard InChI is InChI=1S/C9H13BrS/c1-7(2)3-4-9-8(10)5-6-11-9/h5-7H,3-4H2,1-2H3. The number of halogens is 1. The molecule has 1 aromatic rings. The van der Waals surface area contributed by atoms with Gasteiger partial charge in [-0.3, -0.25) is 0 Å². The first-order chi connectivity index (χ1) is 5.20. The molecule has 0 N–H and O–H groups in total. The van der Waals surface area contributed by atoms with Gasteiger partial charge in [-0.15, -0.1) is 11.3 Å². The summed E-state index contributed by atoms with van der Waals surface area (Å²) in [6, 6.07) is 2.13. The third-order valence-electron chi connectivity index (χ3n) is 1.64. The summed E-state index contributed by atoms with van der Waals surface area (Å²) >= 11 is 5.37. The van der Waals surface area contributed by atoms with Crippen LogP contribution in [0.1, 0.15) is 25.1 Å². The maximum atomic E-state index is 3.53. The fourth-order valence-electron chi connectivity index (χ4n) is 0.923. The second-order valence-electron chi connectivity index (χ2n) is 3.12. The quantitative estimate of drug-likeness (QED) is 0.737. The van der Waals surface area contributed by atoms with E-state index in [1.165, 1.54) is 22.2 Å². The number of thiophene rings is 1. The normalized spacial score (nSPS) is 10.9.